The van der Waals surface area contributed by atoms with E-state index >= 15 is 0 Å². The smallest absolute Gasteiger partial charge is 0.194 e. The van der Waals surface area contributed by atoms with E-state index in [0.29, 0.717) is 24.0 Å². The first-order valence-corrected chi connectivity index (χ1v) is 8.30. The van der Waals surface area contributed by atoms with Crippen LogP contribution in [0.5, 0.6) is 0 Å². The lowest BCUT2D eigenvalue weighted by Gasteiger charge is -2.28. The van der Waals surface area contributed by atoms with Crippen LogP contribution in [-0.4, -0.2) is 0 Å². The summed E-state index contributed by atoms with van der Waals surface area (Å²) < 4.78 is 74.0. The second-order valence-electron chi connectivity index (χ2n) is 6.28. The first-order chi connectivity index (χ1) is 13.0. The monoisotopic (exact) mass is 336 g/mol. The minimum absolute atomic E-state index is 0.00990. The molecule has 1 saturated carbocycles. The van der Waals surface area contributed by atoms with Crippen molar-refractivity contribution in [3.63, 3.8) is 0 Å². The molecule has 3 heteroatoms. The first kappa shape index (κ1) is 12.6. The number of halogens is 3. The minimum atomic E-state index is -1.70. The summed E-state index contributed by atoms with van der Waals surface area (Å²) in [5, 5.41) is 0. The molecule has 2 aromatic rings. The Kier molecular flexibility index (Phi) is 3.88. The molecule has 128 valence electrons. The summed E-state index contributed by atoms with van der Waals surface area (Å²) in [5.41, 5.74) is 1.12. The molecule has 0 nitrogen and oxygen atoms in total. The van der Waals surface area contributed by atoms with E-state index in [1.165, 1.54) is 0 Å². The number of hydrogen-bond donors (Lipinski definition) is 0. The summed E-state index contributed by atoms with van der Waals surface area (Å²) >= 11 is 0. The van der Waals surface area contributed by atoms with Gasteiger partial charge in [0.1, 0.15) is 0 Å². The van der Waals surface area contributed by atoms with Crippen molar-refractivity contribution in [2.24, 2.45) is 5.92 Å². The number of rotatable bonds is 4. The van der Waals surface area contributed by atoms with Crippen LogP contribution >= 0.6 is 0 Å². The molecule has 24 heavy (non-hydrogen) atoms. The third-order valence-electron chi connectivity index (χ3n) is 4.48. The van der Waals surface area contributed by atoms with Gasteiger partial charge in [-0.3, -0.25) is 0 Å². The van der Waals surface area contributed by atoms with E-state index in [0.717, 1.165) is 25.0 Å². The Bertz CT molecular complexity index is 808. The summed E-state index contributed by atoms with van der Waals surface area (Å²) in [6.07, 6.45) is -1.09. The maximum atomic E-state index is 13.5. The lowest BCUT2D eigenvalue weighted by Crippen LogP contribution is -2.13. The van der Waals surface area contributed by atoms with Gasteiger partial charge in [-0.15, -0.1) is 0 Å². The Morgan fingerprint density at radius 1 is 0.958 bits per heavy atom. The van der Waals surface area contributed by atoms with Crippen LogP contribution in [0.1, 0.15) is 62.3 Å². The van der Waals surface area contributed by atoms with Gasteiger partial charge in [0, 0.05) is 5.48 Å². The Balaban J connectivity index is 1.92. The molecule has 0 N–H and O–H groups in total. The predicted molar refractivity (Wildman–Crippen MR) is 91.4 cm³/mol. The summed E-state index contributed by atoms with van der Waals surface area (Å²) in [7, 11) is 0. The molecule has 0 unspecified atom stereocenters. The highest BCUT2D eigenvalue weighted by atomic mass is 19.2. The van der Waals surface area contributed by atoms with E-state index < -0.39 is 36.1 Å². The van der Waals surface area contributed by atoms with Crippen LogP contribution in [0.25, 0.3) is 11.1 Å². The van der Waals surface area contributed by atoms with Gasteiger partial charge in [-0.2, -0.15) is 0 Å². The predicted octanol–water partition coefficient (Wildman–Crippen LogP) is 6.84. The fraction of sp³-hybridized carbons (Fsp3) is 0.429. The van der Waals surface area contributed by atoms with Gasteiger partial charge in [0.05, 0.1) is 0 Å². The zero-order valence-electron chi connectivity index (χ0n) is 17.6. The van der Waals surface area contributed by atoms with Crippen LogP contribution in [0.2, 0.25) is 0 Å². The lowest BCUT2D eigenvalue weighted by atomic mass is 9.77. The SMILES string of the molecule is [2H]C1([2H])CC(CCC)CC([2H])([2H])C1c1ccc(-c2cc(F)c(F)c(F)c2)cc1. The molecule has 0 heterocycles. The Hall–Kier alpha value is -1.77. The van der Waals surface area contributed by atoms with Gasteiger partial charge in [-0.1, -0.05) is 44.0 Å². The first-order valence-electron chi connectivity index (χ1n) is 10.3. The van der Waals surface area contributed by atoms with E-state index in [-0.39, 0.29) is 11.5 Å². The molecular weight excluding hydrogens is 309 g/mol. The Labute approximate surface area is 147 Å². The fourth-order valence-electron chi connectivity index (χ4n) is 3.15. The molecule has 0 bridgehead atoms. The Morgan fingerprint density at radius 3 is 2.08 bits per heavy atom. The van der Waals surface area contributed by atoms with E-state index in [1.54, 1.807) is 24.3 Å². The van der Waals surface area contributed by atoms with Gasteiger partial charge in [0.25, 0.3) is 0 Å². The molecule has 0 saturated heterocycles. The van der Waals surface area contributed by atoms with Crippen molar-refractivity contribution < 1.29 is 18.7 Å². The summed E-state index contributed by atoms with van der Waals surface area (Å²) in [6, 6.07) is 8.12. The van der Waals surface area contributed by atoms with Crippen LogP contribution < -0.4 is 0 Å². The van der Waals surface area contributed by atoms with Crippen LogP contribution in [0, 0.1) is 23.4 Å². The average Bonchev–Trinajstić information content (AvgIpc) is 2.58. The zero-order chi connectivity index (χ0) is 20.7. The quantitative estimate of drug-likeness (QED) is 0.536. The van der Waals surface area contributed by atoms with E-state index in [4.69, 9.17) is 5.48 Å². The third kappa shape index (κ3) is 3.66. The van der Waals surface area contributed by atoms with Crippen molar-refractivity contribution in [2.75, 3.05) is 0 Å². The third-order valence-corrected chi connectivity index (χ3v) is 4.48. The molecule has 0 atom stereocenters. The van der Waals surface area contributed by atoms with Crippen molar-refractivity contribution in [3.05, 3.63) is 59.4 Å². The van der Waals surface area contributed by atoms with Crippen LogP contribution in [0.3, 0.4) is 0 Å². The fourth-order valence-corrected chi connectivity index (χ4v) is 3.15. The topological polar surface area (TPSA) is 0 Å². The van der Waals surface area contributed by atoms with E-state index in [1.807, 2.05) is 6.92 Å². The van der Waals surface area contributed by atoms with Gasteiger partial charge in [-0.05, 0) is 66.2 Å². The molecule has 3 rings (SSSR count). The van der Waals surface area contributed by atoms with Crippen LogP contribution in [0.4, 0.5) is 13.2 Å². The van der Waals surface area contributed by atoms with Crippen molar-refractivity contribution in [1.29, 1.82) is 0 Å². The summed E-state index contributed by atoms with van der Waals surface area (Å²) in [5.74, 6) is -4.99. The van der Waals surface area contributed by atoms with Gasteiger partial charge >= 0.3 is 0 Å². The largest absolute Gasteiger partial charge is 0.204 e. The van der Waals surface area contributed by atoms with Crippen LogP contribution in [-0.2, 0) is 0 Å². The maximum Gasteiger partial charge on any atom is 0.194 e. The highest BCUT2D eigenvalue weighted by molar-refractivity contribution is 5.64. The number of hydrogen-bond acceptors (Lipinski definition) is 0. The molecule has 0 radical (unpaired) electrons. The van der Waals surface area contributed by atoms with Crippen molar-refractivity contribution in [2.45, 2.75) is 51.3 Å². The molecule has 0 aliphatic heterocycles. The highest BCUT2D eigenvalue weighted by Gasteiger charge is 2.21. The molecule has 0 amide bonds. The van der Waals surface area contributed by atoms with Crippen molar-refractivity contribution in [3.8, 4) is 11.1 Å². The maximum absolute atomic E-state index is 13.5. The Morgan fingerprint density at radius 2 is 1.54 bits per heavy atom. The van der Waals surface area contributed by atoms with E-state index in [9.17, 15) is 13.2 Å². The molecule has 0 spiro atoms. The lowest BCUT2D eigenvalue weighted by molar-refractivity contribution is 0.308. The van der Waals surface area contributed by atoms with Crippen LogP contribution in [0.15, 0.2) is 36.4 Å². The summed E-state index contributed by atoms with van der Waals surface area (Å²) in [6.45, 7) is 2.01. The highest BCUT2D eigenvalue weighted by Crippen LogP contribution is 2.38. The van der Waals surface area contributed by atoms with Gasteiger partial charge in [0.15, 0.2) is 17.5 Å². The van der Waals surface area contributed by atoms with E-state index in [2.05, 4.69) is 0 Å². The molecule has 0 aromatic heterocycles. The molecule has 1 aliphatic rings. The second-order valence-corrected chi connectivity index (χ2v) is 6.28. The van der Waals surface area contributed by atoms with Crippen molar-refractivity contribution in [1.82, 2.24) is 0 Å². The molecule has 1 fully saturated rings. The minimum Gasteiger partial charge on any atom is -0.204 e. The second kappa shape index (κ2) is 7.42. The molecular formula is C21H23F3. The summed E-state index contributed by atoms with van der Waals surface area (Å²) in [4.78, 5) is 0. The molecule has 1 aliphatic carbocycles. The van der Waals surface area contributed by atoms with Crippen molar-refractivity contribution >= 4 is 0 Å². The average molecular weight is 336 g/mol. The van der Waals surface area contributed by atoms with Gasteiger partial charge < -0.3 is 0 Å². The van der Waals surface area contributed by atoms with Gasteiger partial charge in [0.2, 0.25) is 0 Å². The standard InChI is InChI=1S/C21H23F3/c1-2-3-14-4-6-15(7-5-14)16-8-10-17(11-9-16)18-12-19(22)21(24)20(23)13-18/h8-15H,2-7H2,1H3/i6D2,7D2. The number of benzene rings is 2. The molecule has 2 aromatic carbocycles. The van der Waals surface area contributed by atoms with Gasteiger partial charge in [-0.25, -0.2) is 13.2 Å². The zero-order valence-corrected chi connectivity index (χ0v) is 13.6. The normalized spacial score (nSPS) is 27.7.